The topological polar surface area (TPSA) is 39.2 Å². The molecule has 2 rings (SSSR count). The van der Waals surface area contributed by atoms with Gasteiger partial charge in [-0.2, -0.15) is 0 Å². The first kappa shape index (κ1) is 8.69. The number of fused-ring (bicyclic) bond motifs is 1. The van der Waals surface area contributed by atoms with Crippen LogP contribution in [0.25, 0.3) is 10.8 Å². The van der Waals surface area contributed by atoms with E-state index in [0.717, 1.165) is 17.1 Å². The van der Waals surface area contributed by atoms with Crippen molar-refractivity contribution in [3.63, 3.8) is 0 Å². The van der Waals surface area contributed by atoms with E-state index >= 15 is 0 Å². The van der Waals surface area contributed by atoms with Crippen molar-refractivity contribution in [3.8, 4) is 5.88 Å². The molecule has 0 unspecified atom stereocenters. The Morgan fingerprint density at radius 1 is 1.29 bits per heavy atom. The normalized spacial score (nSPS) is 10.1. The molecule has 3 nitrogen and oxygen atoms in total. The van der Waals surface area contributed by atoms with Crippen molar-refractivity contribution in [2.45, 2.75) is 0 Å². The van der Waals surface area contributed by atoms with Crippen molar-refractivity contribution in [1.82, 2.24) is 4.98 Å². The van der Waals surface area contributed by atoms with Crippen LogP contribution >= 0.6 is 0 Å². The first-order chi connectivity index (χ1) is 6.86. The molecule has 0 spiro atoms. The van der Waals surface area contributed by atoms with Gasteiger partial charge in [0.05, 0.1) is 7.11 Å². The van der Waals surface area contributed by atoms with E-state index in [1.807, 2.05) is 18.2 Å². The standard InChI is InChI=1S/C11H9NO2/c1-14-11-10-4-2-3-8(7-13)9(10)5-6-12-11/h2-7H,1H3. The molecule has 0 aliphatic heterocycles. The molecule has 2 aromatic rings. The summed E-state index contributed by atoms with van der Waals surface area (Å²) in [6.07, 6.45) is 2.47. The van der Waals surface area contributed by atoms with Gasteiger partial charge in [0.2, 0.25) is 5.88 Å². The molecule has 0 N–H and O–H groups in total. The van der Waals surface area contributed by atoms with E-state index in [9.17, 15) is 4.79 Å². The van der Waals surface area contributed by atoms with Gasteiger partial charge in [-0.3, -0.25) is 4.79 Å². The molecule has 70 valence electrons. The lowest BCUT2D eigenvalue weighted by Gasteiger charge is -2.04. The maximum absolute atomic E-state index is 10.8. The number of methoxy groups -OCH3 is 1. The highest BCUT2D eigenvalue weighted by Gasteiger charge is 2.04. The average Bonchev–Trinajstić information content (AvgIpc) is 2.27. The van der Waals surface area contributed by atoms with E-state index in [-0.39, 0.29) is 0 Å². The second kappa shape index (κ2) is 3.46. The van der Waals surface area contributed by atoms with Crippen molar-refractivity contribution < 1.29 is 9.53 Å². The summed E-state index contributed by atoms with van der Waals surface area (Å²) in [4.78, 5) is 14.8. The van der Waals surface area contributed by atoms with Gasteiger partial charge in [0.25, 0.3) is 0 Å². The highest BCUT2D eigenvalue weighted by atomic mass is 16.5. The van der Waals surface area contributed by atoms with Crippen LogP contribution in [0.15, 0.2) is 30.5 Å². The molecule has 0 amide bonds. The van der Waals surface area contributed by atoms with E-state index in [1.165, 1.54) is 0 Å². The fraction of sp³-hybridized carbons (Fsp3) is 0.0909. The third kappa shape index (κ3) is 1.23. The van der Waals surface area contributed by atoms with Crippen molar-refractivity contribution in [2.75, 3.05) is 7.11 Å². The second-order valence-electron chi connectivity index (χ2n) is 2.88. The number of carbonyl (C=O) groups is 1. The monoisotopic (exact) mass is 187 g/mol. The smallest absolute Gasteiger partial charge is 0.221 e. The molecular formula is C11H9NO2. The molecule has 0 saturated carbocycles. The SMILES string of the molecule is COc1nccc2c(C=O)cccc12. The lowest BCUT2D eigenvalue weighted by molar-refractivity contribution is 0.112. The summed E-state index contributed by atoms with van der Waals surface area (Å²) in [6.45, 7) is 0. The fourth-order valence-corrected chi connectivity index (χ4v) is 1.47. The number of carbonyl (C=O) groups excluding carboxylic acids is 1. The van der Waals surface area contributed by atoms with Gasteiger partial charge < -0.3 is 4.74 Å². The van der Waals surface area contributed by atoms with Gasteiger partial charge in [0.1, 0.15) is 0 Å². The molecule has 0 bridgehead atoms. The minimum Gasteiger partial charge on any atom is -0.481 e. The number of benzene rings is 1. The Balaban J connectivity index is 2.84. The predicted octanol–water partition coefficient (Wildman–Crippen LogP) is 2.06. The molecule has 1 heterocycles. The van der Waals surface area contributed by atoms with Crippen molar-refractivity contribution in [3.05, 3.63) is 36.0 Å². The van der Waals surface area contributed by atoms with Crippen LogP contribution in [0.5, 0.6) is 5.88 Å². The van der Waals surface area contributed by atoms with Crippen LogP contribution < -0.4 is 4.74 Å². The minimum atomic E-state index is 0.547. The summed E-state index contributed by atoms with van der Waals surface area (Å²) in [5.41, 5.74) is 0.656. The zero-order chi connectivity index (χ0) is 9.97. The molecule has 0 atom stereocenters. The van der Waals surface area contributed by atoms with Crippen LogP contribution in [0.2, 0.25) is 0 Å². The molecule has 3 heteroatoms. The van der Waals surface area contributed by atoms with Gasteiger partial charge >= 0.3 is 0 Å². The van der Waals surface area contributed by atoms with Crippen LogP contribution in [0.1, 0.15) is 10.4 Å². The molecular weight excluding hydrogens is 178 g/mol. The zero-order valence-electron chi connectivity index (χ0n) is 7.73. The maximum atomic E-state index is 10.8. The first-order valence-corrected chi connectivity index (χ1v) is 4.23. The van der Waals surface area contributed by atoms with E-state index in [1.54, 1.807) is 19.4 Å². The molecule has 0 aliphatic rings. The number of nitrogens with zero attached hydrogens (tertiary/aromatic N) is 1. The number of aldehydes is 1. The Labute approximate surface area is 81.3 Å². The first-order valence-electron chi connectivity index (χ1n) is 4.23. The summed E-state index contributed by atoms with van der Waals surface area (Å²) in [7, 11) is 1.56. The van der Waals surface area contributed by atoms with Gasteiger partial charge in [0.15, 0.2) is 6.29 Å². The largest absolute Gasteiger partial charge is 0.481 e. The van der Waals surface area contributed by atoms with Crippen LogP contribution in [0.3, 0.4) is 0 Å². The van der Waals surface area contributed by atoms with Gasteiger partial charge in [-0.15, -0.1) is 0 Å². The number of pyridine rings is 1. The average molecular weight is 187 g/mol. The van der Waals surface area contributed by atoms with Crippen molar-refractivity contribution >= 4 is 17.1 Å². The Kier molecular flexibility index (Phi) is 2.14. The molecule has 1 aromatic carbocycles. The van der Waals surface area contributed by atoms with Crippen LogP contribution in [-0.2, 0) is 0 Å². The summed E-state index contributed by atoms with van der Waals surface area (Å²) < 4.78 is 5.10. The summed E-state index contributed by atoms with van der Waals surface area (Å²) in [6, 6.07) is 7.28. The van der Waals surface area contributed by atoms with Gasteiger partial charge in [-0.1, -0.05) is 12.1 Å². The van der Waals surface area contributed by atoms with Gasteiger partial charge in [-0.25, -0.2) is 4.98 Å². The number of hydrogen-bond acceptors (Lipinski definition) is 3. The number of ether oxygens (including phenoxy) is 1. The molecule has 0 aliphatic carbocycles. The Morgan fingerprint density at radius 2 is 2.14 bits per heavy atom. The quantitative estimate of drug-likeness (QED) is 0.675. The molecule has 0 saturated heterocycles. The maximum Gasteiger partial charge on any atom is 0.221 e. The number of hydrogen-bond donors (Lipinski definition) is 0. The highest BCUT2D eigenvalue weighted by molar-refractivity contribution is 5.99. The third-order valence-corrected chi connectivity index (χ3v) is 2.12. The summed E-state index contributed by atoms with van der Waals surface area (Å²) >= 11 is 0. The molecule has 14 heavy (non-hydrogen) atoms. The van der Waals surface area contributed by atoms with Crippen molar-refractivity contribution in [2.24, 2.45) is 0 Å². The Hall–Kier alpha value is -1.90. The Morgan fingerprint density at radius 3 is 2.86 bits per heavy atom. The summed E-state index contributed by atoms with van der Waals surface area (Å²) in [5.74, 6) is 0.547. The van der Waals surface area contributed by atoms with Crippen LogP contribution in [0.4, 0.5) is 0 Å². The lowest BCUT2D eigenvalue weighted by Crippen LogP contribution is -1.90. The summed E-state index contributed by atoms with van der Waals surface area (Å²) in [5, 5.41) is 1.73. The van der Waals surface area contributed by atoms with Crippen molar-refractivity contribution in [1.29, 1.82) is 0 Å². The fourth-order valence-electron chi connectivity index (χ4n) is 1.47. The molecule has 0 radical (unpaired) electrons. The van der Waals surface area contributed by atoms with Gasteiger partial charge in [-0.05, 0) is 17.5 Å². The Bertz CT molecular complexity index is 480. The van der Waals surface area contributed by atoms with E-state index < -0.39 is 0 Å². The van der Waals surface area contributed by atoms with Crippen LogP contribution in [0, 0.1) is 0 Å². The van der Waals surface area contributed by atoms with E-state index in [0.29, 0.717) is 11.4 Å². The predicted molar refractivity (Wildman–Crippen MR) is 53.7 cm³/mol. The van der Waals surface area contributed by atoms with E-state index in [2.05, 4.69) is 4.98 Å². The second-order valence-corrected chi connectivity index (χ2v) is 2.88. The molecule has 1 aromatic heterocycles. The van der Waals surface area contributed by atoms with Gasteiger partial charge in [0, 0.05) is 17.1 Å². The lowest BCUT2D eigenvalue weighted by atomic mass is 10.1. The van der Waals surface area contributed by atoms with E-state index in [4.69, 9.17) is 4.74 Å². The number of rotatable bonds is 2. The highest BCUT2D eigenvalue weighted by Crippen LogP contribution is 2.24. The van der Waals surface area contributed by atoms with Crippen LogP contribution in [-0.4, -0.2) is 18.4 Å². The molecule has 0 fully saturated rings. The minimum absolute atomic E-state index is 0.547. The zero-order valence-corrected chi connectivity index (χ0v) is 7.73. The third-order valence-electron chi connectivity index (χ3n) is 2.12. The number of aromatic nitrogens is 1.